The number of methoxy groups -OCH3 is 3. The van der Waals surface area contributed by atoms with Crippen LogP contribution in [0.1, 0.15) is 0 Å². The van der Waals surface area contributed by atoms with E-state index < -0.39 is 68.0 Å². The highest BCUT2D eigenvalue weighted by Crippen LogP contribution is 2.31. The lowest BCUT2D eigenvalue weighted by Gasteiger charge is -2.30. The number of aliphatic hydroxyl groups is 5. The van der Waals surface area contributed by atoms with Gasteiger partial charge in [-0.2, -0.15) is 0 Å². The Hall–Kier alpha value is -0.440. The Balaban J connectivity index is 2.10. The predicted octanol–water partition coefficient (Wildman–Crippen LogP) is -3.43. The van der Waals surface area contributed by atoms with E-state index in [9.17, 15) is 20.4 Å². The molecule has 11 nitrogen and oxygen atoms in total. The maximum Gasteiger partial charge on any atom is 0.187 e. The fraction of sp³-hybridized carbons (Fsp3) is 1.00. The maximum atomic E-state index is 10.1. The molecule has 2 aliphatic heterocycles. The van der Waals surface area contributed by atoms with Crippen molar-refractivity contribution in [2.45, 2.75) is 61.4 Å². The summed E-state index contributed by atoms with van der Waals surface area (Å²) in [5, 5.41) is 48.8. The van der Waals surface area contributed by atoms with Crippen molar-refractivity contribution in [3.8, 4) is 0 Å². The van der Waals surface area contributed by atoms with Crippen LogP contribution in [0.4, 0.5) is 0 Å². The minimum atomic E-state index is -1.47. The molecule has 0 aromatic carbocycles. The van der Waals surface area contributed by atoms with Crippen molar-refractivity contribution >= 4 is 0 Å². The molecule has 0 bridgehead atoms. The first-order valence-corrected chi connectivity index (χ1v) is 8.23. The van der Waals surface area contributed by atoms with Crippen LogP contribution in [0.2, 0.25) is 0 Å². The quantitative estimate of drug-likeness (QED) is 0.269. The first kappa shape index (κ1) is 21.9. The summed E-state index contributed by atoms with van der Waals surface area (Å²) >= 11 is 0. The molecule has 26 heavy (non-hydrogen) atoms. The average molecular weight is 384 g/mol. The van der Waals surface area contributed by atoms with Crippen molar-refractivity contribution in [1.82, 2.24) is 0 Å². The second-order valence-electron chi connectivity index (χ2n) is 6.22. The molecule has 2 fully saturated rings. The van der Waals surface area contributed by atoms with Gasteiger partial charge in [-0.05, 0) is 0 Å². The largest absolute Gasteiger partial charge is 0.394 e. The zero-order chi connectivity index (χ0) is 19.4. The molecule has 0 amide bonds. The van der Waals surface area contributed by atoms with E-state index >= 15 is 0 Å². The first-order chi connectivity index (χ1) is 12.4. The van der Waals surface area contributed by atoms with E-state index in [1.807, 2.05) is 0 Å². The van der Waals surface area contributed by atoms with Crippen LogP contribution in [-0.2, 0) is 28.4 Å². The summed E-state index contributed by atoms with van der Waals surface area (Å²) in [6, 6.07) is 0. The Kier molecular flexibility index (Phi) is 8.12. The fourth-order valence-electron chi connectivity index (χ4n) is 3.24. The van der Waals surface area contributed by atoms with Crippen LogP contribution in [0.3, 0.4) is 0 Å². The van der Waals surface area contributed by atoms with Crippen LogP contribution >= 0.6 is 0 Å². The molecule has 5 N–H and O–H groups in total. The Labute approximate surface area is 150 Å². The molecule has 0 spiro atoms. The van der Waals surface area contributed by atoms with Gasteiger partial charge in [-0.15, -0.1) is 0 Å². The third kappa shape index (κ3) is 4.34. The van der Waals surface area contributed by atoms with Gasteiger partial charge in [0.2, 0.25) is 0 Å². The third-order valence-electron chi connectivity index (χ3n) is 4.60. The molecule has 0 saturated carbocycles. The third-order valence-corrected chi connectivity index (χ3v) is 4.60. The van der Waals surface area contributed by atoms with E-state index in [1.165, 1.54) is 21.3 Å². The van der Waals surface area contributed by atoms with Crippen molar-refractivity contribution in [2.24, 2.45) is 0 Å². The van der Waals surface area contributed by atoms with Crippen LogP contribution in [0, 0.1) is 0 Å². The van der Waals surface area contributed by atoms with E-state index in [-0.39, 0.29) is 6.61 Å². The van der Waals surface area contributed by atoms with E-state index in [0.717, 1.165) is 0 Å². The molecule has 2 rings (SSSR count). The van der Waals surface area contributed by atoms with Gasteiger partial charge in [-0.3, -0.25) is 0 Å². The number of rotatable bonds is 9. The minimum Gasteiger partial charge on any atom is -0.394 e. The van der Waals surface area contributed by atoms with Crippen LogP contribution in [-0.4, -0.2) is 121 Å². The summed E-state index contributed by atoms with van der Waals surface area (Å²) in [6.45, 7) is -0.647. The van der Waals surface area contributed by atoms with Gasteiger partial charge in [0.1, 0.15) is 48.8 Å². The average Bonchev–Trinajstić information content (AvgIpc) is 3.11. The van der Waals surface area contributed by atoms with Crippen LogP contribution in [0.25, 0.3) is 0 Å². The van der Waals surface area contributed by atoms with E-state index in [4.69, 9.17) is 33.5 Å². The van der Waals surface area contributed by atoms with Gasteiger partial charge in [0.25, 0.3) is 0 Å². The van der Waals surface area contributed by atoms with Crippen molar-refractivity contribution < 1.29 is 54.0 Å². The molecule has 11 heteroatoms. The van der Waals surface area contributed by atoms with Gasteiger partial charge in [-0.1, -0.05) is 0 Å². The number of ether oxygens (including phenoxy) is 6. The monoisotopic (exact) mass is 384 g/mol. The van der Waals surface area contributed by atoms with Gasteiger partial charge < -0.3 is 54.0 Å². The topological polar surface area (TPSA) is 157 Å². The van der Waals surface area contributed by atoms with Crippen LogP contribution < -0.4 is 0 Å². The van der Waals surface area contributed by atoms with Gasteiger partial charge in [0, 0.05) is 21.3 Å². The molecule has 0 aliphatic carbocycles. The van der Waals surface area contributed by atoms with E-state index in [1.54, 1.807) is 0 Å². The molecule has 2 heterocycles. The van der Waals surface area contributed by atoms with Gasteiger partial charge in [-0.25, -0.2) is 0 Å². The summed E-state index contributed by atoms with van der Waals surface area (Å²) in [7, 11) is 4.25. The second kappa shape index (κ2) is 9.66. The first-order valence-electron chi connectivity index (χ1n) is 8.23. The Morgan fingerprint density at radius 2 is 1.58 bits per heavy atom. The lowest BCUT2D eigenvalue weighted by atomic mass is 10.0. The van der Waals surface area contributed by atoms with Crippen LogP contribution in [0.5, 0.6) is 0 Å². The minimum absolute atomic E-state index is 0.00355. The number of aliphatic hydroxyl groups excluding tert-OH is 5. The SMILES string of the molecule is COCC(OC1O[C@@H](C(O)CO)[C@H](O)[C@H]1O)[C@@H]1O[C@@H](O)[C@H](OC)[C@H]1OC. The Bertz CT molecular complexity index is 424. The van der Waals surface area contributed by atoms with Gasteiger partial charge in [0.05, 0.1) is 13.2 Å². The molecule has 10 atom stereocenters. The summed E-state index contributed by atoms with van der Waals surface area (Å²) in [5.74, 6) is 0. The van der Waals surface area contributed by atoms with Gasteiger partial charge in [0.15, 0.2) is 12.6 Å². The molecule has 0 radical (unpaired) electrons. The van der Waals surface area contributed by atoms with Crippen molar-refractivity contribution in [3.63, 3.8) is 0 Å². The highest BCUT2D eigenvalue weighted by molar-refractivity contribution is 4.95. The van der Waals surface area contributed by atoms with E-state index in [2.05, 4.69) is 0 Å². The second-order valence-corrected chi connectivity index (χ2v) is 6.22. The fourth-order valence-corrected chi connectivity index (χ4v) is 3.24. The van der Waals surface area contributed by atoms with Crippen molar-refractivity contribution in [3.05, 3.63) is 0 Å². The molecule has 0 aromatic heterocycles. The number of hydrogen-bond acceptors (Lipinski definition) is 11. The van der Waals surface area contributed by atoms with Crippen molar-refractivity contribution in [2.75, 3.05) is 34.5 Å². The zero-order valence-electron chi connectivity index (χ0n) is 14.9. The zero-order valence-corrected chi connectivity index (χ0v) is 14.9. The highest BCUT2D eigenvalue weighted by Gasteiger charge is 2.52. The summed E-state index contributed by atoms with van der Waals surface area (Å²) in [4.78, 5) is 0. The number of hydrogen-bond donors (Lipinski definition) is 5. The van der Waals surface area contributed by atoms with Crippen molar-refractivity contribution in [1.29, 1.82) is 0 Å². The molecular formula is C15H28O11. The summed E-state index contributed by atoms with van der Waals surface area (Å²) in [5.41, 5.74) is 0. The lowest BCUT2D eigenvalue weighted by Crippen LogP contribution is -2.47. The molecular weight excluding hydrogens is 356 g/mol. The molecule has 2 aliphatic rings. The smallest absolute Gasteiger partial charge is 0.187 e. The van der Waals surface area contributed by atoms with Crippen LogP contribution in [0.15, 0.2) is 0 Å². The predicted molar refractivity (Wildman–Crippen MR) is 83.0 cm³/mol. The standard InChI is InChI=1S/C15H28O11/c1-21-5-7(11-12(22-2)13(23-3)14(20)25-11)24-15-9(19)8(18)10(26-15)6(17)4-16/h6-20H,4-5H2,1-3H3/t6?,7?,8-,9-,10+,11+,12+,13-,14-,15?/m1/s1. The molecule has 0 aromatic rings. The van der Waals surface area contributed by atoms with Gasteiger partial charge >= 0.3 is 0 Å². The molecule has 3 unspecified atom stereocenters. The Morgan fingerprint density at radius 3 is 2.12 bits per heavy atom. The lowest BCUT2D eigenvalue weighted by molar-refractivity contribution is -0.241. The normalized spacial score (nSPS) is 42.9. The Morgan fingerprint density at radius 1 is 0.923 bits per heavy atom. The summed E-state index contributed by atoms with van der Waals surface area (Å²) < 4.78 is 32.1. The maximum absolute atomic E-state index is 10.1. The highest BCUT2D eigenvalue weighted by atomic mass is 16.7. The van der Waals surface area contributed by atoms with E-state index in [0.29, 0.717) is 0 Å². The molecule has 154 valence electrons. The summed E-state index contributed by atoms with van der Waals surface area (Å²) in [6.07, 6.45) is -11.2. The molecule has 2 saturated heterocycles.